The molecule has 3 heteroatoms. The van der Waals surface area contributed by atoms with Crippen LogP contribution in [0.2, 0.25) is 0 Å². The Bertz CT molecular complexity index is 384. The van der Waals surface area contributed by atoms with Crippen LogP contribution in [0.5, 0.6) is 5.75 Å². The molecule has 1 rings (SSSR count). The van der Waals surface area contributed by atoms with E-state index in [1.165, 1.54) is 5.56 Å². The van der Waals surface area contributed by atoms with Gasteiger partial charge in [0.05, 0.1) is 12.7 Å². The SMILES string of the molecule is CCC(N)Cc1cccc(OCCCCC#N)c1. The second-order valence-electron chi connectivity index (χ2n) is 4.48. The summed E-state index contributed by atoms with van der Waals surface area (Å²) in [5, 5.41) is 8.42. The zero-order valence-corrected chi connectivity index (χ0v) is 11.1. The lowest BCUT2D eigenvalue weighted by Crippen LogP contribution is -2.21. The highest BCUT2D eigenvalue weighted by Gasteiger charge is 2.02. The van der Waals surface area contributed by atoms with Crippen molar-refractivity contribution in [1.29, 1.82) is 5.26 Å². The summed E-state index contributed by atoms with van der Waals surface area (Å²) in [4.78, 5) is 0. The maximum atomic E-state index is 8.42. The van der Waals surface area contributed by atoms with Gasteiger partial charge in [0.2, 0.25) is 0 Å². The molecule has 0 aliphatic rings. The van der Waals surface area contributed by atoms with Crippen LogP contribution in [-0.2, 0) is 6.42 Å². The summed E-state index contributed by atoms with van der Waals surface area (Å²) in [7, 11) is 0. The quantitative estimate of drug-likeness (QED) is 0.717. The lowest BCUT2D eigenvalue weighted by molar-refractivity contribution is 0.307. The molecule has 18 heavy (non-hydrogen) atoms. The van der Waals surface area contributed by atoms with Crippen LogP contribution < -0.4 is 10.5 Å². The van der Waals surface area contributed by atoms with Gasteiger partial charge in [-0.3, -0.25) is 0 Å². The zero-order chi connectivity index (χ0) is 13.2. The van der Waals surface area contributed by atoms with Crippen molar-refractivity contribution in [2.75, 3.05) is 6.61 Å². The summed E-state index contributed by atoms with van der Waals surface area (Å²) < 4.78 is 5.66. The minimum Gasteiger partial charge on any atom is -0.494 e. The molecule has 3 nitrogen and oxygen atoms in total. The number of hydrogen-bond donors (Lipinski definition) is 1. The Labute approximate surface area is 110 Å². The van der Waals surface area contributed by atoms with Crippen LogP contribution in [0.3, 0.4) is 0 Å². The Morgan fingerprint density at radius 2 is 2.22 bits per heavy atom. The molecule has 0 aliphatic carbocycles. The highest BCUT2D eigenvalue weighted by atomic mass is 16.5. The first-order chi connectivity index (χ1) is 8.76. The van der Waals surface area contributed by atoms with Crippen molar-refractivity contribution in [2.24, 2.45) is 5.73 Å². The van der Waals surface area contributed by atoms with Crippen molar-refractivity contribution in [2.45, 2.75) is 45.1 Å². The van der Waals surface area contributed by atoms with Gasteiger partial charge in [-0.05, 0) is 43.4 Å². The first kappa shape index (κ1) is 14.5. The van der Waals surface area contributed by atoms with E-state index in [-0.39, 0.29) is 6.04 Å². The average Bonchev–Trinajstić information content (AvgIpc) is 2.39. The number of nitriles is 1. The Kier molecular flexibility index (Phi) is 6.90. The number of ether oxygens (including phenoxy) is 1. The minimum atomic E-state index is 0.218. The monoisotopic (exact) mass is 246 g/mol. The number of nitrogens with two attached hydrogens (primary N) is 1. The fraction of sp³-hybridized carbons (Fsp3) is 0.533. The van der Waals surface area contributed by atoms with Crippen molar-refractivity contribution in [1.82, 2.24) is 0 Å². The molecular weight excluding hydrogens is 224 g/mol. The third-order valence-corrected chi connectivity index (χ3v) is 2.87. The van der Waals surface area contributed by atoms with Crippen LogP contribution >= 0.6 is 0 Å². The Morgan fingerprint density at radius 1 is 1.39 bits per heavy atom. The Morgan fingerprint density at radius 3 is 2.94 bits per heavy atom. The van der Waals surface area contributed by atoms with Gasteiger partial charge in [-0.1, -0.05) is 19.1 Å². The maximum absolute atomic E-state index is 8.42. The summed E-state index contributed by atoms with van der Waals surface area (Å²) in [5.74, 6) is 0.896. The summed E-state index contributed by atoms with van der Waals surface area (Å²) >= 11 is 0. The summed E-state index contributed by atoms with van der Waals surface area (Å²) in [6.45, 7) is 2.77. The predicted octanol–water partition coefficient (Wildman–Crippen LogP) is 3.04. The van der Waals surface area contributed by atoms with Crippen molar-refractivity contribution in [3.8, 4) is 11.8 Å². The smallest absolute Gasteiger partial charge is 0.119 e. The maximum Gasteiger partial charge on any atom is 0.119 e. The van der Waals surface area contributed by atoms with E-state index in [1.54, 1.807) is 0 Å². The number of unbranched alkanes of at least 4 members (excludes halogenated alkanes) is 2. The summed E-state index contributed by atoms with van der Waals surface area (Å²) in [6, 6.07) is 10.5. The fourth-order valence-corrected chi connectivity index (χ4v) is 1.71. The molecule has 1 atom stereocenters. The third kappa shape index (κ3) is 5.70. The van der Waals surface area contributed by atoms with E-state index in [0.29, 0.717) is 13.0 Å². The van der Waals surface area contributed by atoms with Crippen molar-refractivity contribution in [3.05, 3.63) is 29.8 Å². The normalized spacial score (nSPS) is 11.8. The first-order valence-corrected chi connectivity index (χ1v) is 6.60. The van der Waals surface area contributed by atoms with Gasteiger partial charge in [-0.25, -0.2) is 0 Å². The fourth-order valence-electron chi connectivity index (χ4n) is 1.71. The van der Waals surface area contributed by atoms with Gasteiger partial charge in [-0.2, -0.15) is 5.26 Å². The van der Waals surface area contributed by atoms with Crippen molar-refractivity contribution in [3.63, 3.8) is 0 Å². The minimum absolute atomic E-state index is 0.218. The van der Waals surface area contributed by atoms with Gasteiger partial charge in [0.1, 0.15) is 5.75 Å². The molecule has 0 amide bonds. The summed E-state index contributed by atoms with van der Waals surface area (Å²) in [5.41, 5.74) is 7.16. The van der Waals surface area contributed by atoms with Crippen molar-refractivity contribution < 1.29 is 4.74 Å². The molecule has 1 aromatic carbocycles. The lowest BCUT2D eigenvalue weighted by atomic mass is 10.0. The average molecular weight is 246 g/mol. The molecule has 0 fully saturated rings. The molecule has 2 N–H and O–H groups in total. The molecule has 0 bridgehead atoms. The molecule has 98 valence electrons. The number of nitrogens with zero attached hydrogens (tertiary/aromatic N) is 1. The van der Waals surface area contributed by atoms with Gasteiger partial charge in [0, 0.05) is 12.5 Å². The van der Waals surface area contributed by atoms with E-state index in [2.05, 4.69) is 25.1 Å². The number of rotatable bonds is 8. The lowest BCUT2D eigenvalue weighted by Gasteiger charge is -2.10. The van der Waals surface area contributed by atoms with Crippen LogP contribution in [0.4, 0.5) is 0 Å². The molecule has 0 saturated carbocycles. The van der Waals surface area contributed by atoms with E-state index >= 15 is 0 Å². The van der Waals surface area contributed by atoms with E-state index in [4.69, 9.17) is 15.7 Å². The molecule has 1 unspecified atom stereocenters. The van der Waals surface area contributed by atoms with Gasteiger partial charge in [0.25, 0.3) is 0 Å². The number of hydrogen-bond acceptors (Lipinski definition) is 3. The van der Waals surface area contributed by atoms with E-state index in [9.17, 15) is 0 Å². The molecule has 0 saturated heterocycles. The molecule has 0 spiro atoms. The third-order valence-electron chi connectivity index (χ3n) is 2.87. The molecular formula is C15H22N2O. The topological polar surface area (TPSA) is 59.0 Å². The van der Waals surface area contributed by atoms with Crippen LogP contribution in [0.15, 0.2) is 24.3 Å². The summed E-state index contributed by atoms with van der Waals surface area (Å²) in [6.07, 6.45) is 4.30. The molecule has 0 aromatic heterocycles. The molecule has 0 radical (unpaired) electrons. The zero-order valence-electron chi connectivity index (χ0n) is 11.1. The second-order valence-corrected chi connectivity index (χ2v) is 4.48. The first-order valence-electron chi connectivity index (χ1n) is 6.60. The second kappa shape index (κ2) is 8.54. The van der Waals surface area contributed by atoms with Gasteiger partial charge < -0.3 is 10.5 Å². The van der Waals surface area contributed by atoms with Crippen LogP contribution in [-0.4, -0.2) is 12.6 Å². The largest absolute Gasteiger partial charge is 0.494 e. The number of benzene rings is 1. The molecule has 0 aliphatic heterocycles. The van der Waals surface area contributed by atoms with Gasteiger partial charge in [0.15, 0.2) is 0 Å². The van der Waals surface area contributed by atoms with Crippen LogP contribution in [0.25, 0.3) is 0 Å². The standard InChI is InChI=1S/C15H22N2O/c1-2-14(17)11-13-7-6-8-15(12-13)18-10-5-3-4-9-16/h6-8,12,14H,2-5,10-11,17H2,1H3. The van der Waals surface area contributed by atoms with Crippen LogP contribution in [0.1, 0.15) is 38.2 Å². The Hall–Kier alpha value is -1.53. The molecule has 1 aromatic rings. The van der Waals surface area contributed by atoms with E-state index < -0.39 is 0 Å². The van der Waals surface area contributed by atoms with E-state index in [1.807, 2.05) is 12.1 Å². The Balaban J connectivity index is 2.37. The molecule has 0 heterocycles. The van der Waals surface area contributed by atoms with Gasteiger partial charge in [-0.15, -0.1) is 0 Å². The van der Waals surface area contributed by atoms with Crippen molar-refractivity contribution >= 4 is 0 Å². The van der Waals surface area contributed by atoms with E-state index in [0.717, 1.165) is 31.4 Å². The van der Waals surface area contributed by atoms with Gasteiger partial charge >= 0.3 is 0 Å². The predicted molar refractivity (Wildman–Crippen MR) is 73.4 cm³/mol. The highest BCUT2D eigenvalue weighted by molar-refractivity contribution is 5.29. The van der Waals surface area contributed by atoms with Crippen LogP contribution in [0, 0.1) is 11.3 Å². The highest BCUT2D eigenvalue weighted by Crippen LogP contribution is 2.15.